The van der Waals surface area contributed by atoms with Crippen LogP contribution in [0, 0.1) is 0 Å². The Morgan fingerprint density at radius 2 is 1.76 bits per heavy atom. The lowest BCUT2D eigenvalue weighted by Crippen LogP contribution is -2.21. The van der Waals surface area contributed by atoms with E-state index in [2.05, 4.69) is 10.3 Å². The van der Waals surface area contributed by atoms with Gasteiger partial charge in [-0.05, 0) is 29.5 Å². The fourth-order valence-corrected chi connectivity index (χ4v) is 1.77. The summed E-state index contributed by atoms with van der Waals surface area (Å²) < 4.78 is 0. The molecule has 2 aromatic carbocycles. The molecule has 0 bridgehead atoms. The Hall–Kier alpha value is -3.29. The SMILES string of the molecule is O=C(On1nnc2ccccc21)c1cc(O)c(O)c(O)c1. The van der Waals surface area contributed by atoms with E-state index in [1.165, 1.54) is 0 Å². The summed E-state index contributed by atoms with van der Waals surface area (Å²) in [6.45, 7) is 0. The van der Waals surface area contributed by atoms with Crippen LogP contribution in [-0.2, 0) is 0 Å². The second-order valence-electron chi connectivity index (χ2n) is 4.19. The number of phenolic OH excluding ortho intramolecular Hbond substituents is 3. The van der Waals surface area contributed by atoms with E-state index < -0.39 is 23.2 Å². The highest BCUT2D eigenvalue weighted by atomic mass is 16.7. The topological polar surface area (TPSA) is 118 Å². The van der Waals surface area contributed by atoms with Gasteiger partial charge in [-0.2, -0.15) is 0 Å². The zero-order valence-corrected chi connectivity index (χ0v) is 10.5. The van der Waals surface area contributed by atoms with Gasteiger partial charge < -0.3 is 20.2 Å². The number of carbonyl (C=O) groups is 1. The van der Waals surface area contributed by atoms with Gasteiger partial charge in [0, 0.05) is 0 Å². The molecule has 0 atom stereocenters. The standard InChI is InChI=1S/C13H9N3O5/c17-10-5-7(6-11(18)12(10)19)13(20)21-16-9-4-2-1-3-8(9)14-15-16/h1-6,17-19H. The largest absolute Gasteiger partial charge is 0.504 e. The molecule has 0 amide bonds. The number of phenols is 3. The highest BCUT2D eigenvalue weighted by Gasteiger charge is 2.17. The highest BCUT2D eigenvalue weighted by Crippen LogP contribution is 2.35. The Bertz CT molecular complexity index is 820. The van der Waals surface area contributed by atoms with Crippen LogP contribution < -0.4 is 4.84 Å². The van der Waals surface area contributed by atoms with E-state index >= 15 is 0 Å². The first-order valence-corrected chi connectivity index (χ1v) is 5.84. The summed E-state index contributed by atoms with van der Waals surface area (Å²) in [5.41, 5.74) is 0.877. The maximum Gasteiger partial charge on any atom is 0.366 e. The monoisotopic (exact) mass is 287 g/mol. The summed E-state index contributed by atoms with van der Waals surface area (Å²) in [5.74, 6) is -2.86. The minimum Gasteiger partial charge on any atom is -0.504 e. The average Bonchev–Trinajstić information content (AvgIpc) is 2.87. The maximum absolute atomic E-state index is 12.0. The zero-order chi connectivity index (χ0) is 15.0. The lowest BCUT2D eigenvalue weighted by atomic mass is 10.2. The van der Waals surface area contributed by atoms with Crippen LogP contribution in [0.25, 0.3) is 11.0 Å². The van der Waals surface area contributed by atoms with E-state index in [-0.39, 0.29) is 5.56 Å². The molecule has 3 N–H and O–H groups in total. The summed E-state index contributed by atoms with van der Waals surface area (Å²) in [6.07, 6.45) is 0. The Labute approximate surface area is 117 Å². The number of rotatable bonds is 2. The van der Waals surface area contributed by atoms with E-state index in [9.17, 15) is 20.1 Å². The van der Waals surface area contributed by atoms with Gasteiger partial charge in [0.05, 0.1) is 5.56 Å². The van der Waals surface area contributed by atoms with Crippen LogP contribution in [0.5, 0.6) is 17.2 Å². The van der Waals surface area contributed by atoms with E-state index in [1.807, 2.05) is 0 Å². The van der Waals surface area contributed by atoms with Crippen LogP contribution in [0.15, 0.2) is 36.4 Å². The summed E-state index contributed by atoms with van der Waals surface area (Å²) in [7, 11) is 0. The van der Waals surface area contributed by atoms with Crippen molar-refractivity contribution in [3.63, 3.8) is 0 Å². The number of carbonyl (C=O) groups excluding carboxylic acids is 1. The lowest BCUT2D eigenvalue weighted by Gasteiger charge is -2.06. The first-order valence-electron chi connectivity index (χ1n) is 5.84. The number of hydrogen-bond donors (Lipinski definition) is 3. The third kappa shape index (κ3) is 2.18. The van der Waals surface area contributed by atoms with Gasteiger partial charge in [-0.3, -0.25) is 0 Å². The Balaban J connectivity index is 1.93. The number of para-hydroxylation sites is 1. The van der Waals surface area contributed by atoms with Crippen LogP contribution in [0.1, 0.15) is 10.4 Å². The van der Waals surface area contributed by atoms with Crippen molar-refractivity contribution in [2.45, 2.75) is 0 Å². The zero-order valence-electron chi connectivity index (χ0n) is 10.5. The average molecular weight is 287 g/mol. The van der Waals surface area contributed by atoms with Crippen LogP contribution >= 0.6 is 0 Å². The summed E-state index contributed by atoms with van der Waals surface area (Å²) in [6, 6.07) is 8.79. The minimum atomic E-state index is -0.878. The molecule has 3 rings (SSSR count). The Morgan fingerprint density at radius 3 is 2.48 bits per heavy atom. The quantitative estimate of drug-likeness (QED) is 0.471. The Kier molecular flexibility index (Phi) is 2.83. The summed E-state index contributed by atoms with van der Waals surface area (Å²) >= 11 is 0. The molecular weight excluding hydrogens is 278 g/mol. The second-order valence-corrected chi connectivity index (χ2v) is 4.19. The molecule has 0 spiro atoms. The highest BCUT2D eigenvalue weighted by molar-refractivity contribution is 5.91. The van der Waals surface area contributed by atoms with Crippen molar-refractivity contribution in [1.82, 2.24) is 15.2 Å². The van der Waals surface area contributed by atoms with Crippen molar-refractivity contribution >= 4 is 17.0 Å². The van der Waals surface area contributed by atoms with Crippen LogP contribution in [0.2, 0.25) is 0 Å². The van der Waals surface area contributed by atoms with Gasteiger partial charge >= 0.3 is 5.97 Å². The molecule has 3 aromatic rings. The number of fused-ring (bicyclic) bond motifs is 1. The second kappa shape index (κ2) is 4.67. The van der Waals surface area contributed by atoms with Crippen molar-refractivity contribution in [3.05, 3.63) is 42.0 Å². The molecule has 106 valence electrons. The number of hydrogen-bond acceptors (Lipinski definition) is 7. The van der Waals surface area contributed by atoms with Crippen LogP contribution in [0.4, 0.5) is 0 Å². The minimum absolute atomic E-state index is 0.151. The molecule has 0 unspecified atom stereocenters. The molecule has 21 heavy (non-hydrogen) atoms. The van der Waals surface area contributed by atoms with E-state index in [0.717, 1.165) is 17.0 Å². The van der Waals surface area contributed by atoms with Crippen molar-refractivity contribution in [2.75, 3.05) is 0 Å². The van der Waals surface area contributed by atoms with Gasteiger partial charge in [-0.15, -0.1) is 5.10 Å². The van der Waals surface area contributed by atoms with Gasteiger partial charge in [0.1, 0.15) is 11.0 Å². The van der Waals surface area contributed by atoms with Gasteiger partial charge in [0.25, 0.3) is 0 Å². The van der Waals surface area contributed by atoms with Gasteiger partial charge in [0.15, 0.2) is 17.2 Å². The van der Waals surface area contributed by atoms with Crippen molar-refractivity contribution in [2.24, 2.45) is 0 Å². The molecule has 1 aromatic heterocycles. The van der Waals surface area contributed by atoms with Crippen LogP contribution in [-0.4, -0.2) is 36.4 Å². The summed E-state index contributed by atoms with van der Waals surface area (Å²) in [5, 5.41) is 35.5. The fraction of sp³-hybridized carbons (Fsp3) is 0. The molecule has 0 saturated carbocycles. The molecule has 0 saturated heterocycles. The third-order valence-corrected chi connectivity index (χ3v) is 2.80. The third-order valence-electron chi connectivity index (χ3n) is 2.80. The molecule has 0 aliphatic heterocycles. The molecule has 0 aliphatic rings. The number of aromatic hydroxyl groups is 3. The normalized spacial score (nSPS) is 10.7. The fourth-order valence-electron chi connectivity index (χ4n) is 1.77. The van der Waals surface area contributed by atoms with Gasteiger partial charge in [0.2, 0.25) is 0 Å². The van der Waals surface area contributed by atoms with Gasteiger partial charge in [-0.1, -0.05) is 17.0 Å². The molecule has 0 radical (unpaired) electrons. The maximum atomic E-state index is 12.0. The smallest absolute Gasteiger partial charge is 0.366 e. The predicted molar refractivity (Wildman–Crippen MR) is 69.9 cm³/mol. The first kappa shape index (κ1) is 12.7. The summed E-state index contributed by atoms with van der Waals surface area (Å²) in [4.78, 5) is 17.9. The molecule has 0 fully saturated rings. The number of nitrogens with zero attached hydrogens (tertiary/aromatic N) is 3. The van der Waals surface area contributed by atoms with E-state index in [4.69, 9.17) is 4.84 Å². The molecule has 8 nitrogen and oxygen atoms in total. The van der Waals surface area contributed by atoms with E-state index in [0.29, 0.717) is 11.0 Å². The predicted octanol–water partition coefficient (Wildman–Crippen LogP) is 0.817. The molecule has 1 heterocycles. The van der Waals surface area contributed by atoms with Gasteiger partial charge in [-0.25, -0.2) is 4.79 Å². The number of benzene rings is 2. The molecule has 8 heteroatoms. The van der Waals surface area contributed by atoms with Crippen molar-refractivity contribution in [1.29, 1.82) is 0 Å². The number of aromatic nitrogens is 3. The van der Waals surface area contributed by atoms with E-state index in [1.54, 1.807) is 24.3 Å². The van der Waals surface area contributed by atoms with Crippen LogP contribution in [0.3, 0.4) is 0 Å². The Morgan fingerprint density at radius 1 is 1.10 bits per heavy atom. The first-order chi connectivity index (χ1) is 10.1. The van der Waals surface area contributed by atoms with Crippen molar-refractivity contribution < 1.29 is 25.0 Å². The molecule has 0 aliphatic carbocycles. The molecular formula is C13H9N3O5. The van der Waals surface area contributed by atoms with Crippen molar-refractivity contribution in [3.8, 4) is 17.2 Å². The lowest BCUT2D eigenvalue weighted by molar-refractivity contribution is 0.0408.